The Kier molecular flexibility index (Phi) is 7.62. The van der Waals surface area contributed by atoms with Crippen LogP contribution in [0.3, 0.4) is 0 Å². The Morgan fingerprint density at radius 2 is 2.00 bits per heavy atom. The molecule has 3 N–H and O–H groups in total. The molecule has 4 rings (SSSR count). The normalized spacial score (nSPS) is 20.1. The van der Waals surface area contributed by atoms with E-state index in [9.17, 15) is 28.3 Å². The fourth-order valence-electron chi connectivity index (χ4n) is 4.40. The second-order valence-electron chi connectivity index (χ2n) is 8.64. The van der Waals surface area contributed by atoms with Crippen molar-refractivity contribution >= 4 is 17.7 Å². The van der Waals surface area contributed by atoms with E-state index in [1.165, 1.54) is 25.3 Å². The van der Waals surface area contributed by atoms with E-state index in [-0.39, 0.29) is 44.4 Å². The maximum Gasteiger partial charge on any atom is 0.353 e. The summed E-state index contributed by atoms with van der Waals surface area (Å²) in [5, 5.41) is 15.2. The molecule has 192 valence electrons. The molecule has 9 nitrogen and oxygen atoms in total. The maximum absolute atomic E-state index is 15.0. The predicted octanol–water partition coefficient (Wildman–Crippen LogP) is 1.73. The van der Waals surface area contributed by atoms with E-state index in [4.69, 9.17) is 9.47 Å². The first-order valence-electron chi connectivity index (χ1n) is 11.5. The molecule has 2 aromatic rings. The summed E-state index contributed by atoms with van der Waals surface area (Å²) in [6, 6.07) is 9.76. The average molecular weight is 504 g/mol. The summed E-state index contributed by atoms with van der Waals surface area (Å²) in [5.74, 6) is -6.22. The molecule has 2 heterocycles. The summed E-state index contributed by atoms with van der Waals surface area (Å²) in [6.45, 7) is 0.345. The first-order valence-corrected chi connectivity index (χ1v) is 11.5. The number of rotatable bonds is 9. The van der Waals surface area contributed by atoms with Gasteiger partial charge in [0.2, 0.25) is 11.8 Å². The third-order valence-electron chi connectivity index (χ3n) is 6.27. The van der Waals surface area contributed by atoms with Gasteiger partial charge in [-0.15, -0.1) is 0 Å². The van der Waals surface area contributed by atoms with E-state index >= 15 is 0 Å². The van der Waals surface area contributed by atoms with Gasteiger partial charge < -0.3 is 19.9 Å². The standard InChI is InChI=1S/C25H27F2N3O6/c1-35-10-11-36-20-5-3-2-4-18(20)25(26,27)24(34)28-13-15-6-7-17-16(12-15)14-30(23(17)33)19-8-9-21(31)29-22(19)32/h2-7,12,19,23,33H,8-11,13-14H2,1H3,(H,28,34)(H,29,31,32). The van der Waals surface area contributed by atoms with E-state index in [2.05, 4.69) is 10.6 Å². The number of benzene rings is 2. The number of hydrogen-bond donors (Lipinski definition) is 3. The zero-order chi connectivity index (χ0) is 25.9. The fourth-order valence-corrected chi connectivity index (χ4v) is 4.40. The molecule has 0 aromatic heterocycles. The topological polar surface area (TPSA) is 117 Å². The molecule has 0 spiro atoms. The Hall–Kier alpha value is -3.41. The number of nitrogens with zero attached hydrogens (tertiary/aromatic N) is 1. The molecule has 11 heteroatoms. The number of aliphatic hydroxyl groups is 1. The van der Waals surface area contributed by atoms with Gasteiger partial charge in [0.05, 0.1) is 18.2 Å². The van der Waals surface area contributed by atoms with Gasteiger partial charge in [-0.05, 0) is 35.2 Å². The molecule has 1 saturated heterocycles. The Bertz CT molecular complexity index is 1160. The maximum atomic E-state index is 15.0. The van der Waals surface area contributed by atoms with Crippen molar-refractivity contribution in [1.82, 2.24) is 15.5 Å². The van der Waals surface area contributed by atoms with Crippen LogP contribution in [0.25, 0.3) is 0 Å². The lowest BCUT2D eigenvalue weighted by Crippen LogP contribution is -2.51. The molecular formula is C25H27F2N3O6. The first kappa shape index (κ1) is 25.7. The van der Waals surface area contributed by atoms with Crippen molar-refractivity contribution in [1.29, 1.82) is 0 Å². The molecule has 0 bridgehead atoms. The van der Waals surface area contributed by atoms with Crippen LogP contribution in [0, 0.1) is 0 Å². The van der Waals surface area contributed by atoms with E-state index in [0.717, 1.165) is 6.07 Å². The Morgan fingerprint density at radius 1 is 1.22 bits per heavy atom. The number of amides is 3. The number of carbonyl (C=O) groups excluding carboxylic acids is 3. The van der Waals surface area contributed by atoms with Crippen LogP contribution in [0.2, 0.25) is 0 Å². The van der Waals surface area contributed by atoms with Crippen LogP contribution >= 0.6 is 0 Å². The van der Waals surface area contributed by atoms with Crippen molar-refractivity contribution in [3.63, 3.8) is 0 Å². The number of para-hydroxylation sites is 1. The van der Waals surface area contributed by atoms with Crippen LogP contribution in [-0.2, 0) is 38.1 Å². The number of hydrogen-bond acceptors (Lipinski definition) is 7. The zero-order valence-electron chi connectivity index (χ0n) is 19.6. The van der Waals surface area contributed by atoms with Crippen LogP contribution in [0.4, 0.5) is 8.78 Å². The zero-order valence-corrected chi connectivity index (χ0v) is 19.6. The van der Waals surface area contributed by atoms with E-state index in [0.29, 0.717) is 23.1 Å². The third-order valence-corrected chi connectivity index (χ3v) is 6.27. The number of methoxy groups -OCH3 is 1. The molecule has 0 radical (unpaired) electrons. The van der Waals surface area contributed by atoms with Gasteiger partial charge in [-0.3, -0.25) is 24.6 Å². The summed E-state index contributed by atoms with van der Waals surface area (Å²) in [4.78, 5) is 37.7. The molecule has 2 unspecified atom stereocenters. The molecule has 1 fully saturated rings. The van der Waals surface area contributed by atoms with Crippen LogP contribution in [-0.4, -0.2) is 54.1 Å². The highest BCUT2D eigenvalue weighted by Gasteiger charge is 2.43. The van der Waals surface area contributed by atoms with Crippen LogP contribution in [0.1, 0.15) is 41.3 Å². The fraction of sp³-hybridized carbons (Fsp3) is 0.400. The summed E-state index contributed by atoms with van der Waals surface area (Å²) in [6.07, 6.45) is -0.557. The highest BCUT2D eigenvalue weighted by atomic mass is 19.3. The van der Waals surface area contributed by atoms with Crippen LogP contribution < -0.4 is 15.4 Å². The van der Waals surface area contributed by atoms with Gasteiger partial charge in [0.1, 0.15) is 18.6 Å². The highest BCUT2D eigenvalue weighted by molar-refractivity contribution is 6.00. The van der Waals surface area contributed by atoms with Gasteiger partial charge in [0, 0.05) is 26.6 Å². The number of carbonyl (C=O) groups is 3. The molecule has 2 aromatic carbocycles. The molecule has 0 aliphatic carbocycles. The van der Waals surface area contributed by atoms with Crippen molar-refractivity contribution in [2.75, 3.05) is 20.3 Å². The average Bonchev–Trinajstić information content (AvgIpc) is 3.18. The van der Waals surface area contributed by atoms with Gasteiger partial charge in [-0.2, -0.15) is 8.78 Å². The number of nitrogens with one attached hydrogen (secondary N) is 2. The van der Waals surface area contributed by atoms with E-state index in [1.807, 2.05) is 0 Å². The minimum Gasteiger partial charge on any atom is -0.491 e. The summed E-state index contributed by atoms with van der Waals surface area (Å²) < 4.78 is 40.2. The number of imide groups is 1. The van der Waals surface area contributed by atoms with E-state index in [1.54, 1.807) is 23.1 Å². The SMILES string of the molecule is COCCOc1ccccc1C(F)(F)C(=O)NCc1ccc2c(c1)CN(C1CCC(=O)NC1=O)C2O. The Labute approximate surface area is 206 Å². The van der Waals surface area contributed by atoms with Gasteiger partial charge in [0.15, 0.2) is 0 Å². The smallest absolute Gasteiger partial charge is 0.353 e. The molecule has 2 atom stereocenters. The lowest BCUT2D eigenvalue weighted by molar-refractivity contribution is -0.147. The van der Waals surface area contributed by atoms with Gasteiger partial charge in [0.25, 0.3) is 5.91 Å². The lowest BCUT2D eigenvalue weighted by Gasteiger charge is -2.31. The molecule has 36 heavy (non-hydrogen) atoms. The number of alkyl halides is 2. The lowest BCUT2D eigenvalue weighted by atomic mass is 10.0. The quantitative estimate of drug-likeness (QED) is 0.353. The minimum atomic E-state index is -3.83. The molecule has 2 aliphatic heterocycles. The summed E-state index contributed by atoms with van der Waals surface area (Å²) in [7, 11) is 1.46. The van der Waals surface area contributed by atoms with Gasteiger partial charge in [-0.25, -0.2) is 0 Å². The van der Waals surface area contributed by atoms with Crippen LogP contribution in [0.15, 0.2) is 42.5 Å². The molecular weight excluding hydrogens is 476 g/mol. The monoisotopic (exact) mass is 503 g/mol. The summed E-state index contributed by atoms with van der Waals surface area (Å²) in [5.41, 5.74) is 1.31. The molecule has 3 amide bonds. The molecule has 2 aliphatic rings. The van der Waals surface area contributed by atoms with E-state index < -0.39 is 35.6 Å². The van der Waals surface area contributed by atoms with Gasteiger partial charge in [-0.1, -0.05) is 30.3 Å². The number of fused-ring (bicyclic) bond motifs is 1. The Balaban J connectivity index is 1.42. The van der Waals surface area contributed by atoms with Gasteiger partial charge >= 0.3 is 5.92 Å². The second-order valence-corrected chi connectivity index (χ2v) is 8.64. The number of aliphatic hydroxyl groups excluding tert-OH is 1. The second kappa shape index (κ2) is 10.7. The minimum absolute atomic E-state index is 0.0576. The van der Waals surface area contributed by atoms with Crippen LogP contribution in [0.5, 0.6) is 5.75 Å². The first-order chi connectivity index (χ1) is 17.2. The molecule has 0 saturated carbocycles. The van der Waals surface area contributed by atoms with Crippen molar-refractivity contribution in [2.45, 2.75) is 44.1 Å². The van der Waals surface area contributed by atoms with Crippen molar-refractivity contribution in [3.05, 3.63) is 64.7 Å². The third kappa shape index (κ3) is 5.23. The number of piperidine rings is 1. The van der Waals surface area contributed by atoms with Crippen molar-refractivity contribution in [3.8, 4) is 5.75 Å². The highest BCUT2D eigenvalue weighted by Crippen LogP contribution is 2.37. The predicted molar refractivity (Wildman–Crippen MR) is 123 cm³/mol. The van der Waals surface area contributed by atoms with Crippen molar-refractivity contribution in [2.24, 2.45) is 0 Å². The Morgan fingerprint density at radius 3 is 2.75 bits per heavy atom. The number of ether oxygens (including phenoxy) is 2. The largest absolute Gasteiger partial charge is 0.491 e. The number of halogens is 2. The van der Waals surface area contributed by atoms with Crippen molar-refractivity contribution < 1.29 is 37.7 Å². The summed E-state index contributed by atoms with van der Waals surface area (Å²) >= 11 is 0.